The molecule has 0 bridgehead atoms. The molecule has 0 aliphatic heterocycles. The summed E-state index contributed by atoms with van der Waals surface area (Å²) in [5.74, 6) is -2.28. The van der Waals surface area contributed by atoms with Gasteiger partial charge in [-0.15, -0.1) is 0 Å². The van der Waals surface area contributed by atoms with Gasteiger partial charge in [0.2, 0.25) is 5.82 Å². The highest BCUT2D eigenvalue weighted by Crippen LogP contribution is 2.29. The molecule has 0 unspecified atom stereocenters. The van der Waals surface area contributed by atoms with E-state index in [9.17, 15) is 19.3 Å². The summed E-state index contributed by atoms with van der Waals surface area (Å²) >= 11 is 0. The molecule has 1 aromatic heterocycles. The second kappa shape index (κ2) is 5.53. The second-order valence-electron chi connectivity index (χ2n) is 4.18. The number of rotatable bonds is 4. The Balaban J connectivity index is 2.53. The van der Waals surface area contributed by atoms with Crippen LogP contribution in [0.2, 0.25) is 0 Å². The van der Waals surface area contributed by atoms with Gasteiger partial charge >= 0.3 is 11.7 Å². The fourth-order valence-electron chi connectivity index (χ4n) is 1.72. The van der Waals surface area contributed by atoms with Crippen LogP contribution in [-0.4, -0.2) is 21.0 Å². The van der Waals surface area contributed by atoms with Gasteiger partial charge in [0.15, 0.2) is 5.69 Å². The van der Waals surface area contributed by atoms with Gasteiger partial charge in [-0.3, -0.25) is 10.1 Å². The van der Waals surface area contributed by atoms with E-state index in [1.165, 1.54) is 12.1 Å². The Labute approximate surface area is 118 Å². The number of aromatic nitrogens is 1. The number of anilines is 2. The van der Waals surface area contributed by atoms with Gasteiger partial charge < -0.3 is 10.4 Å². The average molecular weight is 291 g/mol. The number of nitrogens with zero attached hydrogens (tertiary/aromatic N) is 2. The van der Waals surface area contributed by atoms with Crippen molar-refractivity contribution in [2.24, 2.45) is 0 Å². The number of halogens is 1. The summed E-state index contributed by atoms with van der Waals surface area (Å²) in [5.41, 5.74) is -0.304. The van der Waals surface area contributed by atoms with Gasteiger partial charge in [-0.25, -0.2) is 14.2 Å². The van der Waals surface area contributed by atoms with Crippen LogP contribution in [0.3, 0.4) is 0 Å². The van der Waals surface area contributed by atoms with Gasteiger partial charge in [-0.1, -0.05) is 12.1 Å². The molecular formula is C13H10FN3O4. The second-order valence-corrected chi connectivity index (χ2v) is 4.18. The molecular weight excluding hydrogens is 281 g/mol. The van der Waals surface area contributed by atoms with Crippen molar-refractivity contribution in [1.82, 2.24) is 4.98 Å². The third-order valence-corrected chi connectivity index (χ3v) is 2.76. The SMILES string of the molecule is Cc1cccc(F)c1Nc1nc(C(=O)O)ccc1[N+](=O)[O-]. The van der Waals surface area contributed by atoms with Crippen molar-refractivity contribution in [3.8, 4) is 0 Å². The lowest BCUT2D eigenvalue weighted by atomic mass is 10.2. The first-order valence-corrected chi connectivity index (χ1v) is 5.81. The predicted octanol–water partition coefficient (Wildman–Crippen LogP) is 2.88. The third kappa shape index (κ3) is 2.94. The van der Waals surface area contributed by atoms with Crippen LogP contribution in [0.4, 0.5) is 21.6 Å². The number of nitro groups is 1. The topological polar surface area (TPSA) is 105 Å². The summed E-state index contributed by atoms with van der Waals surface area (Å²) in [7, 11) is 0. The molecule has 108 valence electrons. The summed E-state index contributed by atoms with van der Waals surface area (Å²) in [4.78, 5) is 24.8. The smallest absolute Gasteiger partial charge is 0.354 e. The van der Waals surface area contributed by atoms with Gasteiger partial charge in [0, 0.05) is 6.07 Å². The van der Waals surface area contributed by atoms with Crippen molar-refractivity contribution in [3.63, 3.8) is 0 Å². The molecule has 2 rings (SSSR count). The molecule has 0 radical (unpaired) electrons. The molecule has 0 spiro atoms. The maximum atomic E-state index is 13.8. The standard InChI is InChI=1S/C13H10FN3O4/c1-7-3-2-4-8(14)11(7)16-12-10(17(20)21)6-5-9(15-12)13(18)19/h2-6H,1H3,(H,15,16)(H,18,19). The molecule has 2 N–H and O–H groups in total. The Kier molecular flexibility index (Phi) is 3.79. The number of carboxylic acid groups (broad SMARTS) is 1. The zero-order valence-electron chi connectivity index (χ0n) is 10.8. The number of pyridine rings is 1. The van der Waals surface area contributed by atoms with Crippen LogP contribution in [-0.2, 0) is 0 Å². The van der Waals surface area contributed by atoms with E-state index >= 15 is 0 Å². The third-order valence-electron chi connectivity index (χ3n) is 2.76. The minimum atomic E-state index is -1.33. The Morgan fingerprint density at radius 2 is 2.10 bits per heavy atom. The number of aromatic carboxylic acids is 1. The van der Waals surface area contributed by atoms with E-state index in [0.29, 0.717) is 5.56 Å². The van der Waals surface area contributed by atoms with E-state index in [4.69, 9.17) is 5.11 Å². The van der Waals surface area contributed by atoms with E-state index < -0.39 is 22.4 Å². The van der Waals surface area contributed by atoms with Crippen molar-refractivity contribution in [2.75, 3.05) is 5.32 Å². The maximum absolute atomic E-state index is 13.8. The lowest BCUT2D eigenvalue weighted by Gasteiger charge is -2.10. The quantitative estimate of drug-likeness (QED) is 0.662. The first-order chi connectivity index (χ1) is 9.90. The van der Waals surface area contributed by atoms with E-state index in [1.807, 2.05) is 0 Å². The number of aryl methyl sites for hydroxylation is 1. The summed E-state index contributed by atoms with van der Waals surface area (Å²) in [6.45, 7) is 1.61. The number of carbonyl (C=O) groups is 1. The largest absolute Gasteiger partial charge is 0.477 e. The highest BCUT2D eigenvalue weighted by Gasteiger charge is 2.20. The molecule has 7 nitrogen and oxygen atoms in total. The van der Waals surface area contributed by atoms with Crippen LogP contribution in [0.25, 0.3) is 0 Å². The van der Waals surface area contributed by atoms with Gasteiger partial charge in [0.25, 0.3) is 0 Å². The first-order valence-electron chi connectivity index (χ1n) is 5.81. The summed E-state index contributed by atoms with van der Waals surface area (Å²) in [6.07, 6.45) is 0. The Hall–Kier alpha value is -3.03. The molecule has 1 heterocycles. The zero-order chi connectivity index (χ0) is 15.6. The molecule has 2 aromatic rings. The number of hydrogen-bond donors (Lipinski definition) is 2. The molecule has 0 saturated heterocycles. The maximum Gasteiger partial charge on any atom is 0.354 e. The lowest BCUT2D eigenvalue weighted by molar-refractivity contribution is -0.384. The summed E-state index contributed by atoms with van der Waals surface area (Å²) in [6, 6.07) is 6.31. The highest BCUT2D eigenvalue weighted by atomic mass is 19.1. The number of nitrogens with one attached hydrogen (secondary N) is 1. The van der Waals surface area contributed by atoms with Crippen LogP contribution >= 0.6 is 0 Å². The Morgan fingerprint density at radius 3 is 2.67 bits per heavy atom. The van der Waals surface area contributed by atoms with E-state index in [0.717, 1.165) is 12.1 Å². The fraction of sp³-hybridized carbons (Fsp3) is 0.0769. The first kappa shape index (κ1) is 14.4. The van der Waals surface area contributed by atoms with Gasteiger partial charge in [-0.05, 0) is 24.6 Å². The number of para-hydroxylation sites is 1. The van der Waals surface area contributed by atoms with Crippen molar-refractivity contribution < 1.29 is 19.2 Å². The lowest BCUT2D eigenvalue weighted by Crippen LogP contribution is -2.07. The molecule has 0 saturated carbocycles. The van der Waals surface area contributed by atoms with Crippen molar-refractivity contribution in [1.29, 1.82) is 0 Å². The van der Waals surface area contributed by atoms with Crippen molar-refractivity contribution >= 4 is 23.2 Å². The molecule has 0 aliphatic carbocycles. The summed E-state index contributed by atoms with van der Waals surface area (Å²) < 4.78 is 13.8. The molecule has 21 heavy (non-hydrogen) atoms. The number of hydrogen-bond acceptors (Lipinski definition) is 5. The van der Waals surface area contributed by atoms with Crippen LogP contribution in [0.5, 0.6) is 0 Å². The molecule has 8 heteroatoms. The molecule has 0 amide bonds. The highest BCUT2D eigenvalue weighted by molar-refractivity contribution is 5.87. The Morgan fingerprint density at radius 1 is 1.38 bits per heavy atom. The van der Waals surface area contributed by atoms with Crippen LogP contribution < -0.4 is 5.32 Å². The van der Waals surface area contributed by atoms with Gasteiger partial charge in [0.05, 0.1) is 10.6 Å². The van der Waals surface area contributed by atoms with Crippen LogP contribution in [0.15, 0.2) is 30.3 Å². The van der Waals surface area contributed by atoms with Gasteiger partial charge in [-0.2, -0.15) is 0 Å². The fourth-order valence-corrected chi connectivity index (χ4v) is 1.72. The van der Waals surface area contributed by atoms with Crippen LogP contribution in [0, 0.1) is 22.9 Å². The minimum absolute atomic E-state index is 0.00985. The van der Waals surface area contributed by atoms with Crippen LogP contribution in [0.1, 0.15) is 16.1 Å². The van der Waals surface area contributed by atoms with E-state index in [-0.39, 0.29) is 17.2 Å². The summed E-state index contributed by atoms with van der Waals surface area (Å²) in [5, 5.41) is 22.3. The monoisotopic (exact) mass is 291 g/mol. The van der Waals surface area contributed by atoms with E-state index in [1.54, 1.807) is 13.0 Å². The molecule has 1 aromatic carbocycles. The predicted molar refractivity (Wildman–Crippen MR) is 72.3 cm³/mol. The molecule has 0 atom stereocenters. The minimum Gasteiger partial charge on any atom is -0.477 e. The van der Waals surface area contributed by atoms with Crippen molar-refractivity contribution in [2.45, 2.75) is 6.92 Å². The Bertz CT molecular complexity index is 713. The zero-order valence-corrected chi connectivity index (χ0v) is 10.8. The molecule has 0 fully saturated rings. The van der Waals surface area contributed by atoms with E-state index in [2.05, 4.69) is 10.3 Å². The van der Waals surface area contributed by atoms with Crippen molar-refractivity contribution in [3.05, 3.63) is 57.5 Å². The average Bonchev–Trinajstić information content (AvgIpc) is 2.42. The molecule has 0 aliphatic rings. The number of carboxylic acids is 1. The van der Waals surface area contributed by atoms with Gasteiger partial charge in [0.1, 0.15) is 5.82 Å². The normalized spacial score (nSPS) is 10.2. The number of benzene rings is 1.